The molecule has 1 unspecified atom stereocenters. The van der Waals surface area contributed by atoms with Gasteiger partial charge in [-0.3, -0.25) is 23.4 Å². The number of allylic oxidation sites excluding steroid dienone is 10. The van der Waals surface area contributed by atoms with E-state index in [-0.39, 0.29) is 19.4 Å². The highest BCUT2D eigenvalue weighted by atomic mass is 31.2. The Morgan fingerprint density at radius 1 is 0.571 bits per heavy atom. The molecule has 3 atom stereocenters. The Balaban J connectivity index is 4.47. The highest BCUT2D eigenvalue weighted by Gasteiger charge is 2.28. The number of carbonyl (C=O) groups is 3. The molecule has 0 rings (SSSR count). The van der Waals surface area contributed by atoms with Crippen LogP contribution in [0.15, 0.2) is 60.8 Å². The van der Waals surface area contributed by atoms with Crippen LogP contribution in [0.4, 0.5) is 0 Å². The molecule has 12 heteroatoms. The second-order valence-electron chi connectivity index (χ2n) is 14.1. The highest BCUT2D eigenvalue weighted by Crippen LogP contribution is 2.43. The third-order valence-corrected chi connectivity index (χ3v) is 9.70. The summed E-state index contributed by atoms with van der Waals surface area (Å²) in [4.78, 5) is 45.9. The minimum absolute atomic E-state index is 0.131. The topological polar surface area (TPSA) is 172 Å². The Kier molecular flexibility index (Phi) is 37.1. The minimum Gasteiger partial charge on any atom is -0.480 e. The number of carbonyl (C=O) groups excluding carboxylic acids is 2. The van der Waals surface area contributed by atoms with Crippen molar-refractivity contribution in [1.82, 2.24) is 0 Å². The maximum absolute atomic E-state index is 12.6. The third kappa shape index (κ3) is 38.1. The van der Waals surface area contributed by atoms with Crippen molar-refractivity contribution in [2.75, 3.05) is 19.8 Å². The molecular formula is C44H76NO10P. The fourth-order valence-electron chi connectivity index (χ4n) is 5.41. The Morgan fingerprint density at radius 3 is 1.55 bits per heavy atom. The van der Waals surface area contributed by atoms with Gasteiger partial charge in [0.05, 0.1) is 13.2 Å². The molecule has 0 fully saturated rings. The number of phosphoric acid groups is 1. The second-order valence-corrected chi connectivity index (χ2v) is 15.5. The zero-order valence-electron chi connectivity index (χ0n) is 34.7. The van der Waals surface area contributed by atoms with E-state index >= 15 is 0 Å². The number of hydrogen-bond acceptors (Lipinski definition) is 9. The number of aliphatic carboxylic acids is 1. The van der Waals surface area contributed by atoms with E-state index in [1.165, 1.54) is 57.8 Å². The lowest BCUT2D eigenvalue weighted by Gasteiger charge is -2.20. The average Bonchev–Trinajstić information content (AvgIpc) is 3.17. The van der Waals surface area contributed by atoms with E-state index < -0.39 is 51.1 Å². The fourth-order valence-corrected chi connectivity index (χ4v) is 6.19. The molecule has 0 spiro atoms. The maximum atomic E-state index is 12.6. The van der Waals surface area contributed by atoms with Gasteiger partial charge in [0.2, 0.25) is 0 Å². The van der Waals surface area contributed by atoms with Crippen molar-refractivity contribution in [3.8, 4) is 0 Å². The van der Waals surface area contributed by atoms with Gasteiger partial charge >= 0.3 is 25.7 Å². The molecule has 4 N–H and O–H groups in total. The predicted octanol–water partition coefficient (Wildman–Crippen LogP) is 11.2. The summed E-state index contributed by atoms with van der Waals surface area (Å²) in [5.74, 6) is -2.46. The first-order chi connectivity index (χ1) is 27.1. The Hall–Kier alpha value is -2.82. The zero-order valence-corrected chi connectivity index (χ0v) is 35.6. The summed E-state index contributed by atoms with van der Waals surface area (Å²) in [5, 5.41) is 8.88. The standard InChI is InChI=1S/C44H76NO10P/c1-3-5-7-9-11-13-15-17-19-20-22-23-25-27-29-31-33-35-42(46)52-37-40(38-53-56(50,51)54-39-41(45)44(48)49)55-43(47)36-34-32-30-28-26-24-21-18-16-14-12-10-8-6-4-2/h6,8,12,14,18,21-23,27,29,40-41H,3-5,7,9-11,13,15-17,19-20,24-26,28,30-39,45H2,1-2H3,(H,48,49)(H,50,51)/b8-6+,14-12+,21-18+,23-22+,29-27+/t40-,41+/m1/s1. The largest absolute Gasteiger partial charge is 0.480 e. The number of esters is 2. The molecule has 0 amide bonds. The van der Waals surface area contributed by atoms with Crippen LogP contribution in [-0.2, 0) is 37.5 Å². The van der Waals surface area contributed by atoms with Gasteiger partial charge in [0, 0.05) is 12.8 Å². The van der Waals surface area contributed by atoms with Crippen LogP contribution < -0.4 is 5.73 Å². The van der Waals surface area contributed by atoms with Gasteiger partial charge in [-0.1, -0.05) is 145 Å². The summed E-state index contributed by atoms with van der Waals surface area (Å²) in [6.45, 7) is 2.62. The second kappa shape index (κ2) is 39.0. The Bertz CT molecular complexity index is 1180. The molecule has 0 aliphatic heterocycles. The lowest BCUT2D eigenvalue weighted by atomic mass is 10.1. The summed E-state index contributed by atoms with van der Waals surface area (Å²) < 4.78 is 32.6. The summed E-state index contributed by atoms with van der Waals surface area (Å²) in [6, 6.07) is -1.53. The molecule has 322 valence electrons. The lowest BCUT2D eigenvalue weighted by molar-refractivity contribution is -0.161. The number of carboxylic acid groups (broad SMARTS) is 1. The third-order valence-electron chi connectivity index (χ3n) is 8.75. The normalized spacial score (nSPS) is 14.4. The van der Waals surface area contributed by atoms with Crippen molar-refractivity contribution in [2.24, 2.45) is 5.73 Å². The smallest absolute Gasteiger partial charge is 0.472 e. The van der Waals surface area contributed by atoms with Gasteiger partial charge in [-0.05, 0) is 70.6 Å². The average molecular weight is 810 g/mol. The highest BCUT2D eigenvalue weighted by molar-refractivity contribution is 7.47. The Labute approximate surface area is 338 Å². The van der Waals surface area contributed by atoms with Crippen LogP contribution in [0.25, 0.3) is 0 Å². The number of carboxylic acids is 1. The van der Waals surface area contributed by atoms with E-state index in [0.29, 0.717) is 19.3 Å². The molecule has 0 aliphatic carbocycles. The van der Waals surface area contributed by atoms with Crippen molar-refractivity contribution in [3.05, 3.63) is 60.8 Å². The van der Waals surface area contributed by atoms with E-state index in [2.05, 4.69) is 73.1 Å². The van der Waals surface area contributed by atoms with Crippen LogP contribution in [0.2, 0.25) is 0 Å². The van der Waals surface area contributed by atoms with Gasteiger partial charge < -0.3 is 25.2 Å². The van der Waals surface area contributed by atoms with E-state index in [1.54, 1.807) is 0 Å². The number of nitrogens with two attached hydrogens (primary N) is 1. The van der Waals surface area contributed by atoms with Crippen LogP contribution in [0, 0.1) is 0 Å². The van der Waals surface area contributed by atoms with Gasteiger partial charge in [0.25, 0.3) is 0 Å². The van der Waals surface area contributed by atoms with Gasteiger partial charge in [0.1, 0.15) is 12.6 Å². The van der Waals surface area contributed by atoms with Gasteiger partial charge in [-0.15, -0.1) is 0 Å². The monoisotopic (exact) mass is 810 g/mol. The molecule has 56 heavy (non-hydrogen) atoms. The maximum Gasteiger partial charge on any atom is 0.472 e. The van der Waals surface area contributed by atoms with Crippen molar-refractivity contribution in [1.29, 1.82) is 0 Å². The molecule has 0 radical (unpaired) electrons. The molecule has 0 saturated carbocycles. The van der Waals surface area contributed by atoms with Crippen LogP contribution in [0.3, 0.4) is 0 Å². The van der Waals surface area contributed by atoms with E-state index in [0.717, 1.165) is 64.2 Å². The molecule has 0 aromatic carbocycles. The van der Waals surface area contributed by atoms with Gasteiger partial charge in [-0.25, -0.2) is 4.57 Å². The van der Waals surface area contributed by atoms with Crippen LogP contribution in [0.5, 0.6) is 0 Å². The number of hydrogen-bond donors (Lipinski definition) is 3. The summed E-state index contributed by atoms with van der Waals surface area (Å²) >= 11 is 0. The minimum atomic E-state index is -4.73. The summed E-state index contributed by atoms with van der Waals surface area (Å²) in [7, 11) is -4.73. The molecule has 0 bridgehead atoms. The summed E-state index contributed by atoms with van der Waals surface area (Å²) in [6.07, 6.45) is 44.4. The molecular weight excluding hydrogens is 733 g/mol. The predicted molar refractivity (Wildman–Crippen MR) is 226 cm³/mol. The van der Waals surface area contributed by atoms with Crippen molar-refractivity contribution in [2.45, 2.75) is 180 Å². The molecule has 0 aromatic rings. The van der Waals surface area contributed by atoms with E-state index in [1.807, 2.05) is 6.08 Å². The quantitative estimate of drug-likeness (QED) is 0.0233. The summed E-state index contributed by atoms with van der Waals surface area (Å²) in [5.41, 5.74) is 5.32. The van der Waals surface area contributed by atoms with E-state index in [9.17, 15) is 23.8 Å². The number of rotatable bonds is 39. The lowest BCUT2D eigenvalue weighted by Crippen LogP contribution is -2.34. The molecule has 0 aromatic heterocycles. The Morgan fingerprint density at radius 2 is 1.02 bits per heavy atom. The number of phosphoric ester groups is 1. The van der Waals surface area contributed by atoms with Crippen LogP contribution >= 0.6 is 7.82 Å². The first-order valence-corrected chi connectivity index (χ1v) is 22.8. The zero-order chi connectivity index (χ0) is 41.4. The van der Waals surface area contributed by atoms with Crippen molar-refractivity contribution < 1.29 is 47.5 Å². The number of unbranched alkanes of at least 4 members (excludes halogenated alkanes) is 15. The molecule has 0 heterocycles. The van der Waals surface area contributed by atoms with Crippen LogP contribution in [0.1, 0.15) is 168 Å². The van der Waals surface area contributed by atoms with Gasteiger partial charge in [-0.2, -0.15) is 0 Å². The van der Waals surface area contributed by atoms with Crippen molar-refractivity contribution in [3.63, 3.8) is 0 Å². The fraction of sp³-hybridized carbons (Fsp3) is 0.705. The van der Waals surface area contributed by atoms with Gasteiger partial charge in [0.15, 0.2) is 6.10 Å². The first-order valence-electron chi connectivity index (χ1n) is 21.3. The molecule has 0 aliphatic rings. The molecule has 11 nitrogen and oxygen atoms in total. The molecule has 0 saturated heterocycles. The van der Waals surface area contributed by atoms with Crippen LogP contribution in [-0.4, -0.2) is 59.9 Å². The van der Waals surface area contributed by atoms with E-state index in [4.69, 9.17) is 24.8 Å². The van der Waals surface area contributed by atoms with Crippen molar-refractivity contribution >= 4 is 25.7 Å². The number of ether oxygens (including phenoxy) is 2. The first kappa shape index (κ1) is 53.2. The SMILES string of the molecule is CC/C=C/C/C=C/C/C=C/CCCCCCCC(=O)O[C@H](COC(=O)CCC/C=C/C/C=C/CCCCCCCCCCC)COP(=O)(O)OC[C@H](N)C(=O)O.